The monoisotopic (exact) mass is 357 g/mol. The molecule has 1 N–H and O–H groups in total. The number of aromatic nitrogens is 1. The average Bonchev–Trinajstić information content (AvgIpc) is 3.01. The van der Waals surface area contributed by atoms with Crippen LogP contribution in [0.5, 0.6) is 0 Å². The minimum atomic E-state index is -0.802. The molecule has 2 aliphatic rings. The van der Waals surface area contributed by atoms with Gasteiger partial charge < -0.3 is 9.88 Å². The van der Waals surface area contributed by atoms with Crippen molar-refractivity contribution < 1.29 is 14.4 Å². The Morgan fingerprint density at radius 3 is 2.62 bits per heavy atom. The lowest BCUT2D eigenvalue weighted by atomic mass is 9.77. The van der Waals surface area contributed by atoms with Crippen molar-refractivity contribution >= 4 is 17.7 Å². The number of ketones is 1. The van der Waals surface area contributed by atoms with Crippen molar-refractivity contribution in [1.29, 1.82) is 0 Å². The highest BCUT2D eigenvalue weighted by atomic mass is 16.2. The number of urea groups is 1. The fourth-order valence-corrected chi connectivity index (χ4v) is 4.14. The highest BCUT2D eigenvalue weighted by Gasteiger charge is 2.52. The Morgan fingerprint density at radius 1 is 1.35 bits per heavy atom. The van der Waals surface area contributed by atoms with E-state index in [1.165, 1.54) is 0 Å². The second kappa shape index (κ2) is 6.74. The molecule has 6 nitrogen and oxygen atoms in total. The molecule has 2 heterocycles. The van der Waals surface area contributed by atoms with Gasteiger partial charge in [0.05, 0.1) is 6.54 Å². The Labute approximate surface area is 154 Å². The molecule has 1 saturated carbocycles. The van der Waals surface area contributed by atoms with Gasteiger partial charge in [0.25, 0.3) is 5.91 Å². The first-order chi connectivity index (χ1) is 12.3. The minimum absolute atomic E-state index is 0.208. The molecule has 2 fully saturated rings. The first kappa shape index (κ1) is 18.4. The normalized spacial score (nSPS) is 25.7. The quantitative estimate of drug-likeness (QED) is 0.500. The van der Waals surface area contributed by atoms with Crippen molar-refractivity contribution in [1.82, 2.24) is 14.8 Å². The molecule has 1 aliphatic carbocycles. The van der Waals surface area contributed by atoms with E-state index in [1.807, 2.05) is 24.5 Å². The van der Waals surface area contributed by atoms with Gasteiger partial charge in [0.2, 0.25) is 0 Å². The Kier molecular flexibility index (Phi) is 4.78. The molecule has 3 amide bonds. The SMILES string of the molecule is C=CCn1c(C)cc(C(=O)CN2C(=O)NC3(CCC(C)CC3)C2=O)c1C. The lowest BCUT2D eigenvalue weighted by molar-refractivity contribution is -0.132. The number of aryl methyl sites for hydroxylation is 1. The fourth-order valence-electron chi connectivity index (χ4n) is 4.14. The molecule has 1 spiro atoms. The second-order valence-electron chi connectivity index (χ2n) is 7.69. The summed E-state index contributed by atoms with van der Waals surface area (Å²) in [5.41, 5.74) is 1.55. The van der Waals surface area contributed by atoms with Crippen molar-refractivity contribution in [3.8, 4) is 0 Å². The molecule has 1 saturated heterocycles. The van der Waals surface area contributed by atoms with E-state index in [4.69, 9.17) is 0 Å². The number of carbonyl (C=O) groups is 3. The summed E-state index contributed by atoms with van der Waals surface area (Å²) in [6.07, 6.45) is 4.90. The van der Waals surface area contributed by atoms with Crippen LogP contribution < -0.4 is 5.32 Å². The molecule has 0 radical (unpaired) electrons. The number of imide groups is 1. The van der Waals surface area contributed by atoms with Gasteiger partial charge in [-0.3, -0.25) is 14.5 Å². The third-order valence-corrected chi connectivity index (χ3v) is 5.86. The number of allylic oxidation sites excluding steroid dienone is 1. The van der Waals surface area contributed by atoms with Crippen molar-refractivity contribution in [3.05, 3.63) is 35.7 Å². The Morgan fingerprint density at radius 2 is 2.00 bits per heavy atom. The number of nitrogens with zero attached hydrogens (tertiary/aromatic N) is 2. The summed E-state index contributed by atoms with van der Waals surface area (Å²) in [6.45, 7) is 10.1. The maximum atomic E-state index is 12.9. The fraction of sp³-hybridized carbons (Fsp3) is 0.550. The number of Topliss-reactive ketones (excluding diaryl/α,β-unsaturated/α-hetero) is 1. The van der Waals surface area contributed by atoms with Gasteiger partial charge >= 0.3 is 6.03 Å². The number of carbonyl (C=O) groups excluding carboxylic acids is 3. The maximum Gasteiger partial charge on any atom is 0.325 e. The number of nitrogens with one attached hydrogen (secondary N) is 1. The molecule has 1 aromatic rings. The van der Waals surface area contributed by atoms with Crippen molar-refractivity contribution in [2.75, 3.05) is 6.54 Å². The van der Waals surface area contributed by atoms with E-state index >= 15 is 0 Å². The van der Waals surface area contributed by atoms with Gasteiger partial charge in [0.1, 0.15) is 5.54 Å². The van der Waals surface area contributed by atoms with Crippen molar-refractivity contribution in [3.63, 3.8) is 0 Å². The summed E-state index contributed by atoms with van der Waals surface area (Å²) in [5, 5.41) is 2.86. The first-order valence-electron chi connectivity index (χ1n) is 9.24. The zero-order chi connectivity index (χ0) is 19.1. The molecular weight excluding hydrogens is 330 g/mol. The smallest absolute Gasteiger partial charge is 0.325 e. The van der Waals surface area contributed by atoms with Crippen LogP contribution in [-0.2, 0) is 11.3 Å². The predicted octanol–water partition coefficient (Wildman–Crippen LogP) is 2.97. The first-order valence-corrected chi connectivity index (χ1v) is 9.24. The molecule has 0 atom stereocenters. The van der Waals surface area contributed by atoms with E-state index < -0.39 is 11.6 Å². The van der Waals surface area contributed by atoms with Gasteiger partial charge in [-0.1, -0.05) is 13.0 Å². The van der Waals surface area contributed by atoms with Crippen LogP contribution in [0.4, 0.5) is 4.79 Å². The van der Waals surface area contributed by atoms with Gasteiger partial charge in [-0.15, -0.1) is 6.58 Å². The number of rotatable bonds is 5. The molecule has 3 rings (SSSR count). The third-order valence-electron chi connectivity index (χ3n) is 5.86. The van der Waals surface area contributed by atoms with Crippen LogP contribution in [0.1, 0.15) is 54.4 Å². The number of amides is 3. The molecule has 140 valence electrons. The van der Waals surface area contributed by atoms with Crippen molar-refractivity contribution in [2.24, 2.45) is 5.92 Å². The van der Waals surface area contributed by atoms with Gasteiger partial charge in [0.15, 0.2) is 5.78 Å². The largest absolute Gasteiger partial charge is 0.345 e. The van der Waals surface area contributed by atoms with Gasteiger partial charge in [0, 0.05) is 23.5 Å². The van der Waals surface area contributed by atoms with E-state index in [9.17, 15) is 14.4 Å². The van der Waals surface area contributed by atoms with E-state index in [0.29, 0.717) is 30.9 Å². The Bertz CT molecular complexity index is 770. The van der Waals surface area contributed by atoms with E-state index in [0.717, 1.165) is 29.1 Å². The van der Waals surface area contributed by atoms with E-state index in [2.05, 4.69) is 18.8 Å². The standard InChI is InChI=1S/C20H27N3O3/c1-5-10-22-14(3)11-16(15(22)4)17(24)12-23-18(25)20(21-19(23)26)8-6-13(2)7-9-20/h5,11,13H,1,6-10,12H2,2-4H3,(H,21,26). The lowest BCUT2D eigenvalue weighted by Crippen LogP contribution is -2.49. The Hall–Kier alpha value is -2.37. The third kappa shape index (κ3) is 2.97. The van der Waals surface area contributed by atoms with Crippen LogP contribution in [0, 0.1) is 19.8 Å². The Balaban J connectivity index is 1.78. The summed E-state index contributed by atoms with van der Waals surface area (Å²) in [7, 11) is 0. The van der Waals surface area contributed by atoms with Crippen LogP contribution in [-0.4, -0.2) is 39.3 Å². The zero-order valence-electron chi connectivity index (χ0n) is 15.8. The van der Waals surface area contributed by atoms with Crippen molar-refractivity contribution in [2.45, 2.75) is 58.5 Å². The van der Waals surface area contributed by atoms with Gasteiger partial charge in [-0.2, -0.15) is 0 Å². The summed E-state index contributed by atoms with van der Waals surface area (Å²) in [5.74, 6) is 0.108. The molecule has 0 aromatic carbocycles. The zero-order valence-corrected chi connectivity index (χ0v) is 15.8. The summed E-state index contributed by atoms with van der Waals surface area (Å²) >= 11 is 0. The van der Waals surface area contributed by atoms with E-state index in [1.54, 1.807) is 6.08 Å². The van der Waals surface area contributed by atoms with Crippen LogP contribution >= 0.6 is 0 Å². The molecule has 1 aromatic heterocycles. The molecule has 0 bridgehead atoms. The maximum absolute atomic E-state index is 12.9. The molecule has 1 aliphatic heterocycles. The number of hydrogen-bond donors (Lipinski definition) is 1. The average molecular weight is 357 g/mol. The van der Waals surface area contributed by atoms with Crippen LogP contribution in [0.3, 0.4) is 0 Å². The predicted molar refractivity (Wildman–Crippen MR) is 99.0 cm³/mol. The van der Waals surface area contributed by atoms with Crippen LogP contribution in [0.25, 0.3) is 0 Å². The highest BCUT2D eigenvalue weighted by Crippen LogP contribution is 2.36. The topological polar surface area (TPSA) is 71.4 Å². The highest BCUT2D eigenvalue weighted by molar-refractivity contribution is 6.11. The number of hydrogen-bond acceptors (Lipinski definition) is 3. The second-order valence-corrected chi connectivity index (χ2v) is 7.69. The molecule has 0 unspecified atom stereocenters. The summed E-state index contributed by atoms with van der Waals surface area (Å²) in [6, 6.07) is 1.37. The summed E-state index contributed by atoms with van der Waals surface area (Å²) < 4.78 is 2.00. The van der Waals surface area contributed by atoms with Crippen LogP contribution in [0.2, 0.25) is 0 Å². The molecular formula is C20H27N3O3. The minimum Gasteiger partial charge on any atom is -0.345 e. The lowest BCUT2D eigenvalue weighted by Gasteiger charge is -2.33. The summed E-state index contributed by atoms with van der Waals surface area (Å²) in [4.78, 5) is 39.2. The van der Waals surface area contributed by atoms with Crippen LogP contribution in [0.15, 0.2) is 18.7 Å². The van der Waals surface area contributed by atoms with Gasteiger partial charge in [-0.25, -0.2) is 4.79 Å². The van der Waals surface area contributed by atoms with E-state index in [-0.39, 0.29) is 18.2 Å². The molecule has 6 heteroatoms. The molecule has 26 heavy (non-hydrogen) atoms. The van der Waals surface area contributed by atoms with Gasteiger partial charge in [-0.05, 0) is 51.5 Å².